The molecule has 1 saturated heterocycles. The lowest BCUT2D eigenvalue weighted by molar-refractivity contribution is 0.0566. The van der Waals surface area contributed by atoms with Gasteiger partial charge in [-0.05, 0) is 34.0 Å². The fourth-order valence-corrected chi connectivity index (χ4v) is 2.62. The van der Waals surface area contributed by atoms with Gasteiger partial charge in [-0.1, -0.05) is 0 Å². The van der Waals surface area contributed by atoms with Gasteiger partial charge in [-0.3, -0.25) is 4.79 Å². The van der Waals surface area contributed by atoms with Crippen molar-refractivity contribution in [2.24, 2.45) is 0 Å². The molecule has 2 amide bonds. The number of carbonyl (C=O) groups is 2. The molecule has 9 heteroatoms. The minimum absolute atomic E-state index is 0.144. The molecule has 0 bridgehead atoms. The summed E-state index contributed by atoms with van der Waals surface area (Å²) in [4.78, 5) is 38.6. The van der Waals surface area contributed by atoms with Crippen molar-refractivity contribution >= 4 is 17.9 Å². The number of nitrogens with one attached hydrogen (secondary N) is 1. The van der Waals surface area contributed by atoms with Gasteiger partial charge >= 0.3 is 6.09 Å². The normalized spacial score (nSPS) is 14.5. The third-order valence-electron chi connectivity index (χ3n) is 4.01. The van der Waals surface area contributed by atoms with E-state index in [1.165, 1.54) is 0 Å². The zero-order valence-corrected chi connectivity index (χ0v) is 16.0. The minimum Gasteiger partial charge on any atom is -0.450 e. The lowest BCUT2D eigenvalue weighted by Gasteiger charge is -2.33. The molecule has 1 aromatic rings. The summed E-state index contributed by atoms with van der Waals surface area (Å²) in [7, 11) is 3.98. The van der Waals surface area contributed by atoms with Crippen molar-refractivity contribution in [2.75, 3.05) is 65.3 Å². The Morgan fingerprint density at radius 1 is 1.19 bits per heavy atom. The van der Waals surface area contributed by atoms with Gasteiger partial charge in [-0.2, -0.15) is 0 Å². The summed E-state index contributed by atoms with van der Waals surface area (Å²) < 4.78 is 5.00. The topological polar surface area (TPSA) is 90.9 Å². The highest BCUT2D eigenvalue weighted by molar-refractivity contribution is 5.92. The van der Waals surface area contributed by atoms with Crippen molar-refractivity contribution < 1.29 is 14.3 Å². The van der Waals surface area contributed by atoms with Gasteiger partial charge in [-0.15, -0.1) is 0 Å². The molecule has 0 saturated carbocycles. The second kappa shape index (κ2) is 9.33. The van der Waals surface area contributed by atoms with Crippen molar-refractivity contribution in [1.29, 1.82) is 0 Å². The fraction of sp³-hybridized carbons (Fsp3) is 0.647. The predicted octanol–water partition coefficient (Wildman–Crippen LogP) is 0.673. The van der Waals surface area contributed by atoms with E-state index < -0.39 is 0 Å². The third-order valence-corrected chi connectivity index (χ3v) is 4.01. The van der Waals surface area contributed by atoms with Crippen LogP contribution in [0.2, 0.25) is 0 Å². The van der Waals surface area contributed by atoms with Crippen molar-refractivity contribution in [3.05, 3.63) is 17.5 Å². The number of nitrogens with zero attached hydrogens (tertiary/aromatic N) is 5. The van der Waals surface area contributed by atoms with Crippen LogP contribution in [0.1, 0.15) is 23.1 Å². The zero-order valence-electron chi connectivity index (χ0n) is 16.0. The number of carbonyl (C=O) groups excluding carboxylic acids is 2. The van der Waals surface area contributed by atoms with Crippen LogP contribution in [0.5, 0.6) is 0 Å². The number of aryl methyl sites for hydroxylation is 1. The van der Waals surface area contributed by atoms with Gasteiger partial charge in [0, 0.05) is 45.0 Å². The molecule has 0 unspecified atom stereocenters. The Morgan fingerprint density at radius 2 is 1.85 bits per heavy atom. The number of hydrogen-bond donors (Lipinski definition) is 1. The van der Waals surface area contributed by atoms with Gasteiger partial charge in [0.25, 0.3) is 5.91 Å². The first-order chi connectivity index (χ1) is 12.4. The second-order valence-electron chi connectivity index (χ2n) is 6.43. The summed E-state index contributed by atoms with van der Waals surface area (Å²) in [6, 6.07) is 1.69. The zero-order chi connectivity index (χ0) is 19.1. The highest BCUT2D eigenvalue weighted by Crippen LogP contribution is 2.11. The maximum absolute atomic E-state index is 12.8. The standard InChI is InChI=1S/C17H28N6O3/c1-5-26-17(25)23-10-8-22(9-11-23)15(24)14-12-13(2)19-16(20-14)18-6-7-21(3)4/h12H,5-11H2,1-4H3,(H,18,19,20). The van der Waals surface area contributed by atoms with E-state index in [1.807, 2.05) is 21.0 Å². The number of amides is 2. The highest BCUT2D eigenvalue weighted by Gasteiger charge is 2.26. The fourth-order valence-electron chi connectivity index (χ4n) is 2.62. The van der Waals surface area contributed by atoms with Gasteiger partial charge < -0.3 is 24.8 Å². The van der Waals surface area contributed by atoms with Crippen molar-refractivity contribution in [1.82, 2.24) is 24.7 Å². The molecular formula is C17H28N6O3. The van der Waals surface area contributed by atoms with Crippen LogP contribution in [-0.4, -0.2) is 96.6 Å². The Balaban J connectivity index is 1.97. The van der Waals surface area contributed by atoms with Gasteiger partial charge in [0.05, 0.1) is 6.61 Å². The highest BCUT2D eigenvalue weighted by atomic mass is 16.6. The van der Waals surface area contributed by atoms with Gasteiger partial charge in [0.2, 0.25) is 5.95 Å². The maximum Gasteiger partial charge on any atom is 0.409 e. The van der Waals surface area contributed by atoms with Crippen LogP contribution >= 0.6 is 0 Å². The van der Waals surface area contributed by atoms with Crippen LogP contribution in [-0.2, 0) is 4.74 Å². The van der Waals surface area contributed by atoms with E-state index in [4.69, 9.17) is 4.74 Å². The molecule has 144 valence electrons. The first kappa shape index (κ1) is 19.9. The summed E-state index contributed by atoms with van der Waals surface area (Å²) in [5, 5.41) is 3.15. The van der Waals surface area contributed by atoms with E-state index in [1.54, 1.807) is 22.8 Å². The van der Waals surface area contributed by atoms with E-state index in [0.717, 1.165) is 12.2 Å². The average molecular weight is 364 g/mol. The van der Waals surface area contributed by atoms with Crippen molar-refractivity contribution in [3.8, 4) is 0 Å². The monoisotopic (exact) mass is 364 g/mol. The maximum atomic E-state index is 12.8. The Labute approximate surface area is 154 Å². The number of hydrogen-bond acceptors (Lipinski definition) is 7. The number of aromatic nitrogens is 2. The molecule has 1 aliphatic rings. The van der Waals surface area contributed by atoms with Crippen molar-refractivity contribution in [3.63, 3.8) is 0 Å². The van der Waals surface area contributed by atoms with Crippen LogP contribution in [0.15, 0.2) is 6.07 Å². The largest absolute Gasteiger partial charge is 0.450 e. The summed E-state index contributed by atoms with van der Waals surface area (Å²) >= 11 is 0. The van der Waals surface area contributed by atoms with E-state index in [2.05, 4.69) is 20.2 Å². The Kier molecular flexibility index (Phi) is 7.14. The van der Waals surface area contributed by atoms with Gasteiger partial charge in [0.15, 0.2) is 0 Å². The molecule has 26 heavy (non-hydrogen) atoms. The quantitative estimate of drug-likeness (QED) is 0.793. The van der Waals surface area contributed by atoms with Gasteiger partial charge in [0.1, 0.15) is 5.69 Å². The Bertz CT molecular complexity index is 629. The summed E-state index contributed by atoms with van der Waals surface area (Å²) in [5.41, 5.74) is 1.11. The SMILES string of the molecule is CCOC(=O)N1CCN(C(=O)c2cc(C)nc(NCCN(C)C)n2)CC1. The van der Waals surface area contributed by atoms with Crippen LogP contribution in [0.4, 0.5) is 10.7 Å². The first-order valence-corrected chi connectivity index (χ1v) is 8.86. The van der Waals surface area contributed by atoms with E-state index in [9.17, 15) is 9.59 Å². The molecule has 0 aromatic carbocycles. The molecule has 0 radical (unpaired) electrons. The summed E-state index contributed by atoms with van der Waals surface area (Å²) in [6.45, 7) is 7.35. The number of ether oxygens (including phenoxy) is 1. The predicted molar refractivity (Wildman–Crippen MR) is 98.3 cm³/mol. The number of anilines is 1. The molecule has 1 aromatic heterocycles. The lowest BCUT2D eigenvalue weighted by Crippen LogP contribution is -2.50. The number of likely N-dealkylation sites (N-methyl/N-ethyl adjacent to an activating group) is 1. The lowest BCUT2D eigenvalue weighted by atomic mass is 10.2. The minimum atomic E-state index is -0.329. The van der Waals surface area contributed by atoms with Crippen LogP contribution in [0, 0.1) is 6.92 Å². The Hall–Kier alpha value is -2.42. The summed E-state index contributed by atoms with van der Waals surface area (Å²) in [5.74, 6) is 0.315. The molecule has 0 aliphatic carbocycles. The molecular weight excluding hydrogens is 336 g/mol. The van der Waals surface area contributed by atoms with Crippen molar-refractivity contribution in [2.45, 2.75) is 13.8 Å². The second-order valence-corrected chi connectivity index (χ2v) is 6.43. The molecule has 2 heterocycles. The van der Waals surface area contributed by atoms with E-state index in [0.29, 0.717) is 51.0 Å². The third kappa shape index (κ3) is 5.55. The smallest absolute Gasteiger partial charge is 0.409 e. The molecule has 1 aliphatic heterocycles. The van der Waals surface area contributed by atoms with Gasteiger partial charge in [-0.25, -0.2) is 14.8 Å². The van der Waals surface area contributed by atoms with E-state index in [-0.39, 0.29) is 12.0 Å². The molecule has 1 fully saturated rings. The van der Waals surface area contributed by atoms with Crippen LogP contribution in [0.3, 0.4) is 0 Å². The molecule has 0 atom stereocenters. The number of rotatable bonds is 6. The molecule has 2 rings (SSSR count). The van der Waals surface area contributed by atoms with Crippen LogP contribution in [0.25, 0.3) is 0 Å². The summed E-state index contributed by atoms with van der Waals surface area (Å²) in [6.07, 6.45) is -0.329. The average Bonchev–Trinajstić information content (AvgIpc) is 2.60. The van der Waals surface area contributed by atoms with E-state index >= 15 is 0 Å². The Morgan fingerprint density at radius 3 is 2.46 bits per heavy atom. The molecule has 0 spiro atoms. The first-order valence-electron chi connectivity index (χ1n) is 8.86. The molecule has 9 nitrogen and oxygen atoms in total. The van der Waals surface area contributed by atoms with Crippen LogP contribution < -0.4 is 5.32 Å². The number of piperazine rings is 1. The molecule has 1 N–H and O–H groups in total.